The second kappa shape index (κ2) is 8.52. The van der Waals surface area contributed by atoms with Crippen LogP contribution in [-0.2, 0) is 16.0 Å². The van der Waals surface area contributed by atoms with Crippen LogP contribution in [0.3, 0.4) is 0 Å². The zero-order valence-electron chi connectivity index (χ0n) is 14.9. The normalized spacial score (nSPS) is 21.5. The molecule has 0 bridgehead atoms. The first-order chi connectivity index (χ1) is 12.8. The number of benzene rings is 1. The third-order valence-corrected chi connectivity index (χ3v) is 5.94. The summed E-state index contributed by atoms with van der Waals surface area (Å²) in [6.45, 7) is 5.95. The summed E-state index contributed by atoms with van der Waals surface area (Å²) in [7, 11) is 0. The van der Waals surface area contributed by atoms with Gasteiger partial charge in [0.25, 0.3) is 5.56 Å². The molecule has 1 atom stereocenters. The predicted octanol–water partition coefficient (Wildman–Crippen LogP) is 2.00. The van der Waals surface area contributed by atoms with E-state index in [2.05, 4.69) is 4.90 Å². The Bertz CT molecular complexity index is 798. The van der Waals surface area contributed by atoms with Crippen LogP contribution in [-0.4, -0.2) is 65.8 Å². The standard InChI is InChI=1S/C19H25N3O3S/c23-18-16-5-1-2-6-17(16)20-19(22(18)14-15-4-3-10-25-15)26-13-9-21-7-11-24-12-8-21/h1-2,5-6,15H,3-4,7-14H2. The van der Waals surface area contributed by atoms with Crippen LogP contribution in [0.25, 0.3) is 10.9 Å². The Morgan fingerprint density at radius 3 is 2.85 bits per heavy atom. The lowest BCUT2D eigenvalue weighted by atomic mass is 10.2. The van der Waals surface area contributed by atoms with Crippen LogP contribution in [0, 0.1) is 0 Å². The minimum absolute atomic E-state index is 0.0416. The van der Waals surface area contributed by atoms with Gasteiger partial charge in [-0.15, -0.1) is 0 Å². The molecule has 6 nitrogen and oxygen atoms in total. The van der Waals surface area contributed by atoms with Crippen LogP contribution in [0.5, 0.6) is 0 Å². The molecule has 0 amide bonds. The van der Waals surface area contributed by atoms with Gasteiger partial charge in [0, 0.05) is 32.0 Å². The average molecular weight is 375 g/mol. The second-order valence-corrected chi connectivity index (χ2v) is 7.83. The van der Waals surface area contributed by atoms with Crippen LogP contribution in [0.15, 0.2) is 34.2 Å². The van der Waals surface area contributed by atoms with Crippen molar-refractivity contribution in [3.8, 4) is 0 Å². The molecule has 0 spiro atoms. The van der Waals surface area contributed by atoms with Crippen molar-refractivity contribution in [3.63, 3.8) is 0 Å². The quantitative estimate of drug-likeness (QED) is 0.569. The van der Waals surface area contributed by atoms with Crippen molar-refractivity contribution in [2.24, 2.45) is 0 Å². The van der Waals surface area contributed by atoms with Gasteiger partial charge >= 0.3 is 0 Å². The highest BCUT2D eigenvalue weighted by molar-refractivity contribution is 7.99. The summed E-state index contributed by atoms with van der Waals surface area (Å²) in [4.78, 5) is 20.2. The first kappa shape index (κ1) is 18.0. The van der Waals surface area contributed by atoms with Gasteiger partial charge in [-0.25, -0.2) is 4.98 Å². The van der Waals surface area contributed by atoms with E-state index >= 15 is 0 Å². The molecule has 0 saturated carbocycles. The van der Waals surface area contributed by atoms with Gasteiger partial charge in [0.2, 0.25) is 0 Å². The van der Waals surface area contributed by atoms with E-state index < -0.39 is 0 Å². The fraction of sp³-hybridized carbons (Fsp3) is 0.579. The Morgan fingerprint density at radius 1 is 1.19 bits per heavy atom. The monoisotopic (exact) mass is 375 g/mol. The number of hydrogen-bond acceptors (Lipinski definition) is 6. The van der Waals surface area contributed by atoms with Crippen molar-refractivity contribution < 1.29 is 9.47 Å². The number of fused-ring (bicyclic) bond motifs is 1. The lowest BCUT2D eigenvalue weighted by Crippen LogP contribution is -2.37. The first-order valence-corrected chi connectivity index (χ1v) is 10.3. The van der Waals surface area contributed by atoms with Crippen LogP contribution in [0.1, 0.15) is 12.8 Å². The van der Waals surface area contributed by atoms with E-state index in [9.17, 15) is 4.79 Å². The van der Waals surface area contributed by atoms with Crippen LogP contribution in [0.2, 0.25) is 0 Å². The molecule has 1 unspecified atom stereocenters. The summed E-state index contributed by atoms with van der Waals surface area (Å²) >= 11 is 1.67. The first-order valence-electron chi connectivity index (χ1n) is 9.35. The number of rotatable bonds is 6. The van der Waals surface area contributed by atoms with E-state index in [1.54, 1.807) is 11.8 Å². The summed E-state index contributed by atoms with van der Waals surface area (Å²) in [5.41, 5.74) is 0.815. The molecule has 7 heteroatoms. The van der Waals surface area contributed by atoms with Crippen molar-refractivity contribution in [3.05, 3.63) is 34.6 Å². The molecular weight excluding hydrogens is 350 g/mol. The third-order valence-electron chi connectivity index (χ3n) is 4.98. The molecule has 2 saturated heterocycles. The molecule has 140 valence electrons. The molecular formula is C19H25N3O3S. The minimum Gasteiger partial charge on any atom is -0.379 e. The van der Waals surface area contributed by atoms with Gasteiger partial charge in [0.1, 0.15) is 0 Å². The highest BCUT2D eigenvalue weighted by Gasteiger charge is 2.20. The minimum atomic E-state index is 0.0416. The average Bonchev–Trinajstić information content (AvgIpc) is 3.19. The number of thioether (sulfide) groups is 1. The lowest BCUT2D eigenvalue weighted by Gasteiger charge is -2.26. The van der Waals surface area contributed by atoms with Crippen molar-refractivity contribution >= 4 is 22.7 Å². The molecule has 2 aliphatic heterocycles. The van der Waals surface area contributed by atoms with Crippen molar-refractivity contribution in [2.45, 2.75) is 30.6 Å². The largest absolute Gasteiger partial charge is 0.379 e. The Balaban J connectivity index is 1.55. The number of ether oxygens (including phenoxy) is 2. The number of aromatic nitrogens is 2. The molecule has 1 aromatic heterocycles. The van der Waals surface area contributed by atoms with Crippen molar-refractivity contribution in [1.29, 1.82) is 0 Å². The molecule has 0 radical (unpaired) electrons. The zero-order chi connectivity index (χ0) is 17.8. The van der Waals surface area contributed by atoms with Crippen LogP contribution < -0.4 is 5.56 Å². The van der Waals surface area contributed by atoms with Crippen LogP contribution >= 0.6 is 11.8 Å². The highest BCUT2D eigenvalue weighted by Crippen LogP contribution is 2.21. The van der Waals surface area contributed by atoms with Gasteiger partial charge in [-0.3, -0.25) is 14.3 Å². The molecule has 0 N–H and O–H groups in total. The van der Waals surface area contributed by atoms with Crippen LogP contribution in [0.4, 0.5) is 0 Å². The molecule has 3 heterocycles. The lowest BCUT2D eigenvalue weighted by molar-refractivity contribution is 0.0410. The van der Waals surface area contributed by atoms with Crippen molar-refractivity contribution in [1.82, 2.24) is 14.5 Å². The van der Waals surface area contributed by atoms with E-state index in [1.807, 2.05) is 28.8 Å². The Labute approximate surface area is 157 Å². The second-order valence-electron chi connectivity index (χ2n) is 6.76. The Morgan fingerprint density at radius 2 is 2.04 bits per heavy atom. The maximum absolute atomic E-state index is 13.0. The van der Waals surface area contributed by atoms with E-state index in [0.717, 1.165) is 68.7 Å². The van der Waals surface area contributed by atoms with Gasteiger partial charge < -0.3 is 9.47 Å². The van der Waals surface area contributed by atoms with E-state index in [1.165, 1.54) is 0 Å². The number of nitrogens with zero attached hydrogens (tertiary/aromatic N) is 3. The molecule has 2 fully saturated rings. The summed E-state index contributed by atoms with van der Waals surface area (Å²) in [5, 5.41) is 1.49. The molecule has 1 aromatic carbocycles. The molecule has 2 aliphatic rings. The molecule has 0 aliphatic carbocycles. The Hall–Kier alpha value is -1.41. The summed E-state index contributed by atoms with van der Waals surface area (Å²) in [6, 6.07) is 7.60. The van der Waals surface area contributed by atoms with Gasteiger partial charge in [-0.05, 0) is 25.0 Å². The highest BCUT2D eigenvalue weighted by atomic mass is 32.2. The summed E-state index contributed by atoms with van der Waals surface area (Å²) in [5.74, 6) is 0.913. The maximum atomic E-state index is 13.0. The summed E-state index contributed by atoms with van der Waals surface area (Å²) in [6.07, 6.45) is 2.20. The van der Waals surface area contributed by atoms with Gasteiger partial charge in [0.15, 0.2) is 5.16 Å². The van der Waals surface area contributed by atoms with Gasteiger partial charge in [-0.1, -0.05) is 23.9 Å². The zero-order valence-corrected chi connectivity index (χ0v) is 15.7. The van der Waals surface area contributed by atoms with E-state index in [-0.39, 0.29) is 11.7 Å². The third kappa shape index (κ3) is 4.11. The summed E-state index contributed by atoms with van der Waals surface area (Å²) < 4.78 is 13.0. The molecule has 4 rings (SSSR count). The van der Waals surface area contributed by atoms with Gasteiger partial charge in [0.05, 0.1) is 36.8 Å². The van der Waals surface area contributed by atoms with E-state index in [0.29, 0.717) is 11.9 Å². The number of hydrogen-bond donors (Lipinski definition) is 0. The maximum Gasteiger partial charge on any atom is 0.262 e. The molecule has 2 aromatic rings. The van der Waals surface area contributed by atoms with Gasteiger partial charge in [-0.2, -0.15) is 0 Å². The van der Waals surface area contributed by atoms with E-state index in [4.69, 9.17) is 14.5 Å². The number of morpholine rings is 1. The molecule has 26 heavy (non-hydrogen) atoms. The predicted molar refractivity (Wildman–Crippen MR) is 103 cm³/mol. The fourth-order valence-corrected chi connectivity index (χ4v) is 4.51. The fourth-order valence-electron chi connectivity index (χ4n) is 3.50. The number of para-hydroxylation sites is 1. The SMILES string of the molecule is O=c1c2ccccc2nc(SCCN2CCOCC2)n1CC1CCCO1. The smallest absolute Gasteiger partial charge is 0.262 e. The van der Waals surface area contributed by atoms with Crippen molar-refractivity contribution in [2.75, 3.05) is 45.2 Å². The Kier molecular flexibility index (Phi) is 5.89. The topological polar surface area (TPSA) is 56.6 Å².